The van der Waals surface area contributed by atoms with E-state index in [9.17, 15) is 13.2 Å². The van der Waals surface area contributed by atoms with Crippen LogP contribution in [0.3, 0.4) is 0 Å². The largest absolute Gasteiger partial charge is 0.347 e. The molecule has 3 rings (SSSR count). The van der Waals surface area contributed by atoms with Gasteiger partial charge in [-0.05, 0) is 62.3 Å². The molecule has 0 aliphatic heterocycles. The van der Waals surface area contributed by atoms with Gasteiger partial charge >= 0.3 is 0 Å². The number of anilines is 1. The van der Waals surface area contributed by atoms with Crippen LogP contribution in [-0.4, -0.2) is 30.7 Å². The molecule has 0 saturated heterocycles. The Bertz CT molecular complexity index is 896. The summed E-state index contributed by atoms with van der Waals surface area (Å²) < 4.78 is 29.4. The zero-order chi connectivity index (χ0) is 19.4. The van der Waals surface area contributed by atoms with Gasteiger partial charge in [-0.15, -0.1) is 0 Å². The first kappa shape index (κ1) is 19.9. The van der Waals surface area contributed by atoms with Crippen LogP contribution in [0.25, 0.3) is 10.9 Å². The summed E-state index contributed by atoms with van der Waals surface area (Å²) in [4.78, 5) is 12.2. The SMILES string of the molecule is CCCn1ccc2cc(NC(=O)CS(=O)(=O)NC3CCC(C)CC3)ccc21. The van der Waals surface area contributed by atoms with Crippen molar-refractivity contribution in [2.24, 2.45) is 5.92 Å². The van der Waals surface area contributed by atoms with E-state index in [1.54, 1.807) is 0 Å². The summed E-state index contributed by atoms with van der Waals surface area (Å²) in [6.45, 7) is 5.26. The summed E-state index contributed by atoms with van der Waals surface area (Å²) in [5, 5.41) is 3.73. The molecule has 1 fully saturated rings. The number of aromatic nitrogens is 1. The summed E-state index contributed by atoms with van der Waals surface area (Å²) >= 11 is 0. The zero-order valence-electron chi connectivity index (χ0n) is 16.1. The highest BCUT2D eigenvalue weighted by atomic mass is 32.2. The highest BCUT2D eigenvalue weighted by Crippen LogP contribution is 2.24. The third-order valence-electron chi connectivity index (χ3n) is 5.20. The molecule has 2 N–H and O–H groups in total. The van der Waals surface area contributed by atoms with E-state index < -0.39 is 21.7 Å². The van der Waals surface area contributed by atoms with Gasteiger partial charge < -0.3 is 9.88 Å². The Balaban J connectivity index is 1.59. The summed E-state index contributed by atoms with van der Waals surface area (Å²) in [7, 11) is -3.63. The lowest BCUT2D eigenvalue weighted by Gasteiger charge is -2.26. The van der Waals surface area contributed by atoms with Gasteiger partial charge in [0.25, 0.3) is 0 Å². The number of benzene rings is 1. The van der Waals surface area contributed by atoms with Crippen LogP contribution in [0.2, 0.25) is 0 Å². The third-order valence-corrected chi connectivity index (χ3v) is 6.54. The van der Waals surface area contributed by atoms with E-state index >= 15 is 0 Å². The number of carbonyl (C=O) groups is 1. The Morgan fingerprint density at radius 2 is 1.93 bits per heavy atom. The summed E-state index contributed by atoms with van der Waals surface area (Å²) in [5.41, 5.74) is 1.72. The van der Waals surface area contributed by atoms with Crippen molar-refractivity contribution in [3.05, 3.63) is 30.5 Å². The van der Waals surface area contributed by atoms with E-state index in [1.165, 1.54) is 0 Å². The Morgan fingerprint density at radius 3 is 2.63 bits per heavy atom. The van der Waals surface area contributed by atoms with Gasteiger partial charge in [0.2, 0.25) is 15.9 Å². The molecule has 0 radical (unpaired) electrons. The average Bonchev–Trinajstić information content (AvgIpc) is 2.99. The summed E-state index contributed by atoms with van der Waals surface area (Å²) in [6, 6.07) is 7.60. The molecular formula is C20H29N3O3S. The second kappa shape index (κ2) is 8.44. The van der Waals surface area contributed by atoms with Crippen molar-refractivity contribution in [2.75, 3.05) is 11.1 Å². The zero-order valence-corrected chi connectivity index (χ0v) is 16.9. The molecule has 1 aliphatic carbocycles. The number of rotatable bonds is 7. The van der Waals surface area contributed by atoms with E-state index in [1.807, 2.05) is 30.5 Å². The molecule has 1 aliphatic rings. The fourth-order valence-corrected chi connectivity index (χ4v) is 5.00. The lowest BCUT2D eigenvalue weighted by atomic mass is 9.88. The van der Waals surface area contributed by atoms with Crippen LogP contribution in [-0.2, 0) is 21.4 Å². The van der Waals surface area contributed by atoms with Crippen LogP contribution in [0.5, 0.6) is 0 Å². The molecule has 0 bridgehead atoms. The standard InChI is InChI=1S/C20H29N3O3S/c1-3-11-23-12-10-16-13-18(8-9-19(16)23)21-20(24)14-27(25,26)22-17-6-4-15(2)5-7-17/h8-10,12-13,15,17,22H,3-7,11,14H2,1-2H3,(H,21,24). The fourth-order valence-electron chi connectivity index (χ4n) is 3.76. The van der Waals surface area contributed by atoms with Crippen LogP contribution in [0.4, 0.5) is 5.69 Å². The molecule has 1 aromatic carbocycles. The molecule has 0 spiro atoms. The summed E-state index contributed by atoms with van der Waals surface area (Å²) in [5.74, 6) is -0.413. The van der Waals surface area contributed by atoms with Crippen LogP contribution >= 0.6 is 0 Å². The first-order chi connectivity index (χ1) is 12.9. The molecule has 27 heavy (non-hydrogen) atoms. The first-order valence-electron chi connectivity index (χ1n) is 9.75. The number of nitrogens with one attached hydrogen (secondary N) is 2. The number of hydrogen-bond donors (Lipinski definition) is 2. The maximum Gasteiger partial charge on any atom is 0.240 e. The molecule has 148 valence electrons. The molecule has 1 aromatic heterocycles. The first-order valence-corrected chi connectivity index (χ1v) is 11.4. The second-order valence-corrected chi connectivity index (χ2v) is 9.42. The Labute approximate surface area is 161 Å². The van der Waals surface area contributed by atoms with Crippen molar-refractivity contribution in [3.8, 4) is 0 Å². The third kappa shape index (κ3) is 5.32. The number of sulfonamides is 1. The van der Waals surface area contributed by atoms with E-state index in [-0.39, 0.29) is 6.04 Å². The van der Waals surface area contributed by atoms with E-state index in [0.717, 1.165) is 49.6 Å². The van der Waals surface area contributed by atoms with Gasteiger partial charge in [-0.1, -0.05) is 13.8 Å². The molecule has 6 nitrogen and oxygen atoms in total. The van der Waals surface area contributed by atoms with Gasteiger partial charge in [-0.3, -0.25) is 4.79 Å². The van der Waals surface area contributed by atoms with E-state index in [4.69, 9.17) is 0 Å². The average molecular weight is 392 g/mol. The van der Waals surface area contributed by atoms with Crippen LogP contribution < -0.4 is 10.0 Å². The van der Waals surface area contributed by atoms with E-state index in [2.05, 4.69) is 28.5 Å². The lowest BCUT2D eigenvalue weighted by Crippen LogP contribution is -2.41. The molecule has 1 heterocycles. The van der Waals surface area contributed by atoms with Crippen molar-refractivity contribution >= 4 is 32.5 Å². The van der Waals surface area contributed by atoms with Crippen molar-refractivity contribution in [1.82, 2.24) is 9.29 Å². The molecular weight excluding hydrogens is 362 g/mol. The maximum absolute atomic E-state index is 12.3. The highest BCUT2D eigenvalue weighted by molar-refractivity contribution is 7.90. The fraction of sp³-hybridized carbons (Fsp3) is 0.550. The quantitative estimate of drug-likeness (QED) is 0.758. The van der Waals surface area contributed by atoms with Gasteiger partial charge in [0.1, 0.15) is 5.75 Å². The van der Waals surface area contributed by atoms with Crippen molar-refractivity contribution < 1.29 is 13.2 Å². The summed E-state index contributed by atoms with van der Waals surface area (Å²) in [6.07, 6.45) is 6.81. The second-order valence-electron chi connectivity index (χ2n) is 7.66. The van der Waals surface area contributed by atoms with Crippen molar-refractivity contribution in [3.63, 3.8) is 0 Å². The number of aryl methyl sites for hydroxylation is 1. The molecule has 0 unspecified atom stereocenters. The smallest absolute Gasteiger partial charge is 0.240 e. The van der Waals surface area contributed by atoms with Gasteiger partial charge in [0.15, 0.2) is 0 Å². The molecule has 0 atom stereocenters. The van der Waals surface area contributed by atoms with Crippen LogP contribution in [0.1, 0.15) is 46.0 Å². The topological polar surface area (TPSA) is 80.2 Å². The van der Waals surface area contributed by atoms with Gasteiger partial charge in [-0.25, -0.2) is 13.1 Å². The normalized spacial score (nSPS) is 20.7. The molecule has 2 aromatic rings. The van der Waals surface area contributed by atoms with Crippen LogP contribution in [0, 0.1) is 5.92 Å². The minimum absolute atomic E-state index is 0.0475. The van der Waals surface area contributed by atoms with Crippen LogP contribution in [0.15, 0.2) is 30.5 Å². The van der Waals surface area contributed by atoms with Crippen molar-refractivity contribution in [1.29, 1.82) is 0 Å². The van der Waals surface area contributed by atoms with Gasteiger partial charge in [-0.2, -0.15) is 0 Å². The number of hydrogen-bond acceptors (Lipinski definition) is 3. The highest BCUT2D eigenvalue weighted by Gasteiger charge is 2.24. The Morgan fingerprint density at radius 1 is 1.19 bits per heavy atom. The Hall–Kier alpha value is -1.86. The number of nitrogens with zero attached hydrogens (tertiary/aromatic N) is 1. The number of fused-ring (bicyclic) bond motifs is 1. The predicted molar refractivity (Wildman–Crippen MR) is 109 cm³/mol. The number of carbonyl (C=O) groups excluding carboxylic acids is 1. The monoisotopic (exact) mass is 391 g/mol. The maximum atomic E-state index is 12.3. The molecule has 1 saturated carbocycles. The van der Waals surface area contributed by atoms with Crippen molar-refractivity contribution in [2.45, 2.75) is 58.5 Å². The predicted octanol–water partition coefficient (Wildman–Crippen LogP) is 3.49. The molecule has 1 amide bonds. The number of amides is 1. The minimum atomic E-state index is -3.63. The lowest BCUT2D eigenvalue weighted by molar-refractivity contribution is -0.113. The Kier molecular flexibility index (Phi) is 6.22. The van der Waals surface area contributed by atoms with Gasteiger partial charge in [0.05, 0.1) is 0 Å². The van der Waals surface area contributed by atoms with Gasteiger partial charge in [0, 0.05) is 35.4 Å². The minimum Gasteiger partial charge on any atom is -0.347 e. The van der Waals surface area contributed by atoms with E-state index in [0.29, 0.717) is 11.6 Å². The molecule has 7 heteroatoms.